The average molecular weight is 297 g/mol. The molecular weight excluding hydrogens is 280 g/mol. The first-order chi connectivity index (χ1) is 8.19. The molecule has 17 heavy (non-hydrogen) atoms. The van der Waals surface area contributed by atoms with Crippen LogP contribution in [-0.2, 0) is 6.42 Å². The first-order valence-corrected chi connectivity index (χ1v) is 6.68. The summed E-state index contributed by atoms with van der Waals surface area (Å²) in [6, 6.07) is 6.00. The number of ether oxygens (including phenoxy) is 1. The largest absolute Gasteiger partial charge is 0.497 e. The first kappa shape index (κ1) is 12.7. The van der Waals surface area contributed by atoms with Crippen molar-refractivity contribution in [1.29, 1.82) is 0 Å². The number of methoxy groups -OCH3 is 1. The third-order valence-corrected chi connectivity index (χ3v) is 3.87. The van der Waals surface area contributed by atoms with E-state index in [-0.39, 0.29) is 6.10 Å². The summed E-state index contributed by atoms with van der Waals surface area (Å²) in [5, 5.41) is 9.61. The van der Waals surface area contributed by atoms with Crippen LogP contribution in [0.5, 0.6) is 5.75 Å². The van der Waals surface area contributed by atoms with Gasteiger partial charge in [0.1, 0.15) is 5.75 Å². The molecule has 0 amide bonds. The van der Waals surface area contributed by atoms with Gasteiger partial charge in [0.25, 0.3) is 0 Å². The highest BCUT2D eigenvalue weighted by atomic mass is 79.9. The standard InChI is InChI=1S/C14H17BrO2/c1-17-13-5-6-14(15)11(9-13)7-10-3-2-4-12(16)8-10/h5-6,8-9,12,16H,2-4,7H2,1H3. The van der Waals surface area contributed by atoms with Crippen molar-refractivity contribution in [1.82, 2.24) is 0 Å². The minimum Gasteiger partial charge on any atom is -0.497 e. The van der Waals surface area contributed by atoms with Crippen molar-refractivity contribution in [3.05, 3.63) is 39.9 Å². The molecular formula is C14H17BrO2. The van der Waals surface area contributed by atoms with Crippen LogP contribution in [0.25, 0.3) is 0 Å². The van der Waals surface area contributed by atoms with Crippen molar-refractivity contribution in [2.75, 3.05) is 7.11 Å². The number of allylic oxidation sites excluding steroid dienone is 1. The maximum Gasteiger partial charge on any atom is 0.119 e. The minimum atomic E-state index is -0.261. The predicted molar refractivity (Wildman–Crippen MR) is 72.3 cm³/mol. The SMILES string of the molecule is COc1ccc(Br)c(CC2=CC(O)CCC2)c1. The van der Waals surface area contributed by atoms with Crippen LogP contribution < -0.4 is 4.74 Å². The van der Waals surface area contributed by atoms with E-state index in [9.17, 15) is 5.11 Å². The molecule has 2 rings (SSSR count). The summed E-state index contributed by atoms with van der Waals surface area (Å²) in [6.45, 7) is 0. The summed E-state index contributed by atoms with van der Waals surface area (Å²) in [7, 11) is 1.68. The molecule has 1 aliphatic carbocycles. The summed E-state index contributed by atoms with van der Waals surface area (Å²) < 4.78 is 6.33. The van der Waals surface area contributed by atoms with Gasteiger partial charge in [-0.1, -0.05) is 27.6 Å². The lowest BCUT2D eigenvalue weighted by atomic mass is 9.93. The van der Waals surface area contributed by atoms with Gasteiger partial charge in [0.15, 0.2) is 0 Å². The fourth-order valence-electron chi connectivity index (χ4n) is 2.18. The first-order valence-electron chi connectivity index (χ1n) is 5.89. The van der Waals surface area contributed by atoms with Gasteiger partial charge in [0, 0.05) is 4.47 Å². The topological polar surface area (TPSA) is 29.5 Å². The molecule has 0 saturated heterocycles. The lowest BCUT2D eigenvalue weighted by molar-refractivity contribution is 0.202. The quantitative estimate of drug-likeness (QED) is 0.866. The van der Waals surface area contributed by atoms with Crippen molar-refractivity contribution >= 4 is 15.9 Å². The second-order valence-electron chi connectivity index (χ2n) is 4.42. The van der Waals surface area contributed by atoms with E-state index in [1.165, 1.54) is 11.1 Å². The second-order valence-corrected chi connectivity index (χ2v) is 5.27. The van der Waals surface area contributed by atoms with Gasteiger partial charge in [-0.15, -0.1) is 0 Å². The zero-order valence-corrected chi connectivity index (χ0v) is 11.5. The van der Waals surface area contributed by atoms with Crippen LogP contribution in [0.2, 0.25) is 0 Å². The van der Waals surface area contributed by atoms with Crippen LogP contribution in [0.15, 0.2) is 34.3 Å². The van der Waals surface area contributed by atoms with Crippen LogP contribution in [0.3, 0.4) is 0 Å². The Bertz CT molecular complexity index is 426. The molecule has 1 aromatic carbocycles. The predicted octanol–water partition coefficient (Wildman–Crippen LogP) is 3.47. The lowest BCUT2D eigenvalue weighted by Gasteiger charge is -2.17. The van der Waals surface area contributed by atoms with Gasteiger partial charge in [-0.2, -0.15) is 0 Å². The molecule has 0 bridgehead atoms. The highest BCUT2D eigenvalue weighted by molar-refractivity contribution is 9.10. The lowest BCUT2D eigenvalue weighted by Crippen LogP contribution is -2.10. The number of halogens is 1. The van der Waals surface area contributed by atoms with Crippen molar-refractivity contribution < 1.29 is 9.84 Å². The number of aliphatic hydroxyl groups is 1. The molecule has 1 aromatic rings. The fraction of sp³-hybridized carbons (Fsp3) is 0.429. The van der Waals surface area contributed by atoms with Gasteiger partial charge in [-0.25, -0.2) is 0 Å². The molecule has 1 N–H and O–H groups in total. The molecule has 0 heterocycles. The molecule has 2 nitrogen and oxygen atoms in total. The molecule has 1 aliphatic rings. The number of hydrogen-bond donors (Lipinski definition) is 1. The highest BCUT2D eigenvalue weighted by Crippen LogP contribution is 2.28. The van der Waals surface area contributed by atoms with Crippen LogP contribution in [0, 0.1) is 0 Å². The Hall–Kier alpha value is -0.800. The van der Waals surface area contributed by atoms with Gasteiger partial charge < -0.3 is 9.84 Å². The van der Waals surface area contributed by atoms with E-state index in [1.54, 1.807) is 7.11 Å². The van der Waals surface area contributed by atoms with E-state index >= 15 is 0 Å². The molecule has 0 saturated carbocycles. The summed E-state index contributed by atoms with van der Waals surface area (Å²) in [5.74, 6) is 0.875. The molecule has 0 aliphatic heterocycles. The van der Waals surface area contributed by atoms with Gasteiger partial charge in [-0.3, -0.25) is 0 Å². The molecule has 92 valence electrons. The summed E-state index contributed by atoms with van der Waals surface area (Å²) in [6.07, 6.45) is 5.67. The Kier molecular flexibility index (Phi) is 4.24. The van der Waals surface area contributed by atoms with Gasteiger partial charge in [0.05, 0.1) is 13.2 Å². The average Bonchev–Trinajstić information content (AvgIpc) is 2.32. The van der Waals surface area contributed by atoms with Gasteiger partial charge >= 0.3 is 0 Å². The molecule has 1 unspecified atom stereocenters. The van der Waals surface area contributed by atoms with Gasteiger partial charge in [0.2, 0.25) is 0 Å². The molecule has 0 aromatic heterocycles. The third kappa shape index (κ3) is 3.33. The second kappa shape index (κ2) is 5.69. The number of rotatable bonds is 3. The van der Waals surface area contributed by atoms with E-state index in [0.717, 1.165) is 35.9 Å². The van der Waals surface area contributed by atoms with Crippen LogP contribution in [0.1, 0.15) is 24.8 Å². The molecule has 3 heteroatoms. The zero-order chi connectivity index (χ0) is 12.3. The molecule has 0 fully saturated rings. The minimum absolute atomic E-state index is 0.261. The summed E-state index contributed by atoms with van der Waals surface area (Å²) in [5.41, 5.74) is 2.53. The van der Waals surface area contributed by atoms with E-state index < -0.39 is 0 Å². The molecule has 0 radical (unpaired) electrons. The zero-order valence-electron chi connectivity index (χ0n) is 9.95. The van der Waals surface area contributed by atoms with E-state index in [1.807, 2.05) is 24.3 Å². The monoisotopic (exact) mass is 296 g/mol. The number of hydrogen-bond acceptors (Lipinski definition) is 2. The Morgan fingerprint density at radius 1 is 1.47 bits per heavy atom. The smallest absolute Gasteiger partial charge is 0.119 e. The fourth-order valence-corrected chi connectivity index (χ4v) is 2.57. The van der Waals surface area contributed by atoms with Crippen molar-refractivity contribution in [2.45, 2.75) is 31.8 Å². The summed E-state index contributed by atoms with van der Waals surface area (Å²) in [4.78, 5) is 0. The van der Waals surface area contributed by atoms with E-state index in [4.69, 9.17) is 4.74 Å². The maximum absolute atomic E-state index is 9.61. The Labute approximate surface area is 110 Å². The normalized spacial score (nSPS) is 19.9. The van der Waals surface area contributed by atoms with Crippen molar-refractivity contribution in [2.24, 2.45) is 0 Å². The summed E-state index contributed by atoms with van der Waals surface area (Å²) >= 11 is 3.56. The van der Waals surface area contributed by atoms with Crippen LogP contribution in [-0.4, -0.2) is 18.3 Å². The van der Waals surface area contributed by atoms with E-state index in [0.29, 0.717) is 0 Å². The Morgan fingerprint density at radius 3 is 3.00 bits per heavy atom. The highest BCUT2D eigenvalue weighted by Gasteiger charge is 2.12. The van der Waals surface area contributed by atoms with Crippen molar-refractivity contribution in [3.8, 4) is 5.75 Å². The maximum atomic E-state index is 9.61. The third-order valence-electron chi connectivity index (χ3n) is 3.10. The number of aliphatic hydroxyl groups excluding tert-OH is 1. The number of benzene rings is 1. The van der Waals surface area contributed by atoms with Crippen molar-refractivity contribution in [3.63, 3.8) is 0 Å². The van der Waals surface area contributed by atoms with Crippen LogP contribution >= 0.6 is 15.9 Å². The Morgan fingerprint density at radius 2 is 2.29 bits per heavy atom. The van der Waals surface area contributed by atoms with Gasteiger partial charge in [-0.05, 0) is 49.4 Å². The molecule has 0 spiro atoms. The Balaban J connectivity index is 2.17. The molecule has 1 atom stereocenters. The van der Waals surface area contributed by atoms with Crippen LogP contribution in [0.4, 0.5) is 0 Å². The van der Waals surface area contributed by atoms with E-state index in [2.05, 4.69) is 15.9 Å².